The lowest BCUT2D eigenvalue weighted by molar-refractivity contribution is 0.413. The SMILES string of the molecule is COc1ccc(N)cc1-c1nnc(C(C)C)o1. The minimum absolute atomic E-state index is 0.198. The molecule has 0 aliphatic heterocycles. The zero-order valence-electron chi connectivity index (χ0n) is 10.1. The van der Waals surface area contributed by atoms with Crippen LogP contribution in [0.25, 0.3) is 11.5 Å². The standard InChI is InChI=1S/C12H15N3O2/c1-7(2)11-14-15-12(17-11)9-6-8(13)4-5-10(9)16-3/h4-7H,13H2,1-3H3. The van der Waals surface area contributed by atoms with Crippen molar-refractivity contribution in [2.45, 2.75) is 19.8 Å². The third-order valence-corrected chi connectivity index (χ3v) is 2.39. The third-order valence-electron chi connectivity index (χ3n) is 2.39. The van der Waals surface area contributed by atoms with Crippen LogP contribution in [0.2, 0.25) is 0 Å². The highest BCUT2D eigenvalue weighted by Crippen LogP contribution is 2.31. The van der Waals surface area contributed by atoms with E-state index in [1.54, 1.807) is 25.3 Å². The summed E-state index contributed by atoms with van der Waals surface area (Å²) in [6.45, 7) is 3.99. The summed E-state index contributed by atoms with van der Waals surface area (Å²) >= 11 is 0. The van der Waals surface area contributed by atoms with Gasteiger partial charge in [0.05, 0.1) is 12.7 Å². The second kappa shape index (κ2) is 4.45. The average Bonchev–Trinajstić information content (AvgIpc) is 2.78. The first-order valence-corrected chi connectivity index (χ1v) is 5.39. The normalized spacial score (nSPS) is 10.8. The van der Waals surface area contributed by atoms with Crippen LogP contribution in [0, 0.1) is 0 Å². The molecule has 0 saturated carbocycles. The van der Waals surface area contributed by atoms with Crippen molar-refractivity contribution in [3.8, 4) is 17.2 Å². The van der Waals surface area contributed by atoms with Crippen molar-refractivity contribution in [2.75, 3.05) is 12.8 Å². The molecule has 90 valence electrons. The van der Waals surface area contributed by atoms with Gasteiger partial charge in [-0.1, -0.05) is 13.8 Å². The minimum atomic E-state index is 0.198. The zero-order valence-corrected chi connectivity index (χ0v) is 10.1. The first-order chi connectivity index (χ1) is 8.11. The Morgan fingerprint density at radius 3 is 2.65 bits per heavy atom. The molecule has 0 amide bonds. The molecule has 0 radical (unpaired) electrons. The Hall–Kier alpha value is -2.04. The number of nitrogens with zero attached hydrogens (tertiary/aromatic N) is 2. The number of nitrogen functional groups attached to an aromatic ring is 1. The lowest BCUT2D eigenvalue weighted by Gasteiger charge is -2.05. The summed E-state index contributed by atoms with van der Waals surface area (Å²) < 4.78 is 10.8. The highest BCUT2D eigenvalue weighted by Gasteiger charge is 2.15. The molecule has 1 aromatic heterocycles. The quantitative estimate of drug-likeness (QED) is 0.824. The van der Waals surface area contributed by atoms with Crippen LogP contribution in [0.5, 0.6) is 5.75 Å². The van der Waals surface area contributed by atoms with Gasteiger partial charge in [-0.3, -0.25) is 0 Å². The van der Waals surface area contributed by atoms with Crippen LogP contribution in [0.4, 0.5) is 5.69 Å². The lowest BCUT2D eigenvalue weighted by Crippen LogP contribution is -1.91. The summed E-state index contributed by atoms with van der Waals surface area (Å²) in [4.78, 5) is 0. The molecule has 17 heavy (non-hydrogen) atoms. The van der Waals surface area contributed by atoms with E-state index in [0.717, 1.165) is 0 Å². The van der Waals surface area contributed by atoms with Crippen LogP contribution < -0.4 is 10.5 Å². The topological polar surface area (TPSA) is 74.2 Å². The molecular weight excluding hydrogens is 218 g/mol. The summed E-state index contributed by atoms with van der Waals surface area (Å²) in [6, 6.07) is 5.31. The third kappa shape index (κ3) is 2.22. The van der Waals surface area contributed by atoms with Crippen molar-refractivity contribution in [3.05, 3.63) is 24.1 Å². The molecule has 2 N–H and O–H groups in total. The first kappa shape index (κ1) is 11.4. The number of nitrogens with two attached hydrogens (primary N) is 1. The van der Waals surface area contributed by atoms with Gasteiger partial charge < -0.3 is 14.9 Å². The van der Waals surface area contributed by atoms with E-state index in [0.29, 0.717) is 28.8 Å². The number of aromatic nitrogens is 2. The van der Waals surface area contributed by atoms with E-state index in [9.17, 15) is 0 Å². The van der Waals surface area contributed by atoms with Crippen LogP contribution in [0.15, 0.2) is 22.6 Å². The van der Waals surface area contributed by atoms with Gasteiger partial charge in [-0.25, -0.2) is 0 Å². The zero-order chi connectivity index (χ0) is 12.4. The summed E-state index contributed by atoms with van der Waals surface area (Å²) in [7, 11) is 1.59. The van der Waals surface area contributed by atoms with Gasteiger partial charge in [0.2, 0.25) is 5.89 Å². The van der Waals surface area contributed by atoms with E-state index < -0.39 is 0 Å². The number of hydrogen-bond acceptors (Lipinski definition) is 5. The number of benzene rings is 1. The van der Waals surface area contributed by atoms with Crippen molar-refractivity contribution in [3.63, 3.8) is 0 Å². The van der Waals surface area contributed by atoms with Gasteiger partial charge in [0.1, 0.15) is 5.75 Å². The maximum absolute atomic E-state index is 5.74. The number of rotatable bonds is 3. The van der Waals surface area contributed by atoms with Gasteiger partial charge >= 0.3 is 0 Å². The fourth-order valence-corrected chi connectivity index (χ4v) is 1.47. The predicted octanol–water partition coefficient (Wildman–Crippen LogP) is 2.45. The second-order valence-corrected chi connectivity index (χ2v) is 4.06. The summed E-state index contributed by atoms with van der Waals surface area (Å²) in [5, 5.41) is 7.99. The molecule has 0 atom stereocenters. The second-order valence-electron chi connectivity index (χ2n) is 4.06. The van der Waals surface area contributed by atoms with E-state index in [1.807, 2.05) is 13.8 Å². The molecular formula is C12H15N3O2. The number of anilines is 1. The number of ether oxygens (including phenoxy) is 1. The molecule has 0 aliphatic carbocycles. The predicted molar refractivity (Wildman–Crippen MR) is 64.8 cm³/mol. The van der Waals surface area contributed by atoms with E-state index in [4.69, 9.17) is 14.9 Å². The van der Waals surface area contributed by atoms with Gasteiger partial charge in [-0.15, -0.1) is 10.2 Å². The van der Waals surface area contributed by atoms with E-state index in [-0.39, 0.29) is 5.92 Å². The highest BCUT2D eigenvalue weighted by molar-refractivity contribution is 5.67. The number of methoxy groups -OCH3 is 1. The van der Waals surface area contributed by atoms with Gasteiger partial charge in [0.25, 0.3) is 5.89 Å². The maximum atomic E-state index is 5.74. The fourth-order valence-electron chi connectivity index (χ4n) is 1.47. The average molecular weight is 233 g/mol. The summed E-state index contributed by atoms with van der Waals surface area (Å²) in [5.41, 5.74) is 7.09. The first-order valence-electron chi connectivity index (χ1n) is 5.39. The van der Waals surface area contributed by atoms with E-state index in [1.165, 1.54) is 0 Å². The summed E-state index contributed by atoms with van der Waals surface area (Å²) in [6.07, 6.45) is 0. The van der Waals surface area contributed by atoms with Gasteiger partial charge in [0.15, 0.2) is 0 Å². The Kier molecular flexibility index (Phi) is 2.99. The van der Waals surface area contributed by atoms with Gasteiger partial charge in [-0.2, -0.15) is 0 Å². The largest absolute Gasteiger partial charge is 0.496 e. The molecule has 0 spiro atoms. The Morgan fingerprint density at radius 1 is 1.29 bits per heavy atom. The molecule has 1 aromatic carbocycles. The molecule has 1 heterocycles. The maximum Gasteiger partial charge on any atom is 0.251 e. The lowest BCUT2D eigenvalue weighted by atomic mass is 10.2. The number of hydrogen-bond donors (Lipinski definition) is 1. The summed E-state index contributed by atoms with van der Waals surface area (Å²) in [5.74, 6) is 1.89. The smallest absolute Gasteiger partial charge is 0.251 e. The molecule has 0 fully saturated rings. The molecule has 0 saturated heterocycles. The Morgan fingerprint density at radius 2 is 2.06 bits per heavy atom. The minimum Gasteiger partial charge on any atom is -0.496 e. The molecule has 0 unspecified atom stereocenters. The van der Waals surface area contributed by atoms with Crippen molar-refractivity contribution in [2.24, 2.45) is 0 Å². The van der Waals surface area contributed by atoms with E-state index in [2.05, 4.69) is 10.2 Å². The Bertz CT molecular complexity index is 520. The molecule has 0 aliphatic rings. The fraction of sp³-hybridized carbons (Fsp3) is 0.333. The van der Waals surface area contributed by atoms with E-state index >= 15 is 0 Å². The van der Waals surface area contributed by atoms with Crippen LogP contribution >= 0.6 is 0 Å². The van der Waals surface area contributed by atoms with Crippen molar-refractivity contribution in [1.29, 1.82) is 0 Å². The van der Waals surface area contributed by atoms with Crippen LogP contribution in [0.3, 0.4) is 0 Å². The molecule has 5 heteroatoms. The molecule has 2 aromatic rings. The van der Waals surface area contributed by atoms with Crippen LogP contribution in [-0.4, -0.2) is 17.3 Å². The van der Waals surface area contributed by atoms with Crippen LogP contribution in [0.1, 0.15) is 25.7 Å². The Balaban J connectivity index is 2.47. The van der Waals surface area contributed by atoms with Gasteiger partial charge in [-0.05, 0) is 18.2 Å². The molecule has 0 bridgehead atoms. The molecule has 5 nitrogen and oxygen atoms in total. The van der Waals surface area contributed by atoms with Crippen molar-refractivity contribution >= 4 is 5.69 Å². The Labute approximate surface area is 99.6 Å². The van der Waals surface area contributed by atoms with Crippen LogP contribution in [-0.2, 0) is 0 Å². The monoisotopic (exact) mass is 233 g/mol. The molecule has 2 rings (SSSR count). The van der Waals surface area contributed by atoms with Crippen molar-refractivity contribution < 1.29 is 9.15 Å². The van der Waals surface area contributed by atoms with Crippen molar-refractivity contribution in [1.82, 2.24) is 10.2 Å². The van der Waals surface area contributed by atoms with Gasteiger partial charge in [0, 0.05) is 11.6 Å². The highest BCUT2D eigenvalue weighted by atomic mass is 16.5.